The number of aliphatic hydroxyl groups is 5. The highest BCUT2D eigenvalue weighted by atomic mass is 16.7. The lowest BCUT2D eigenvalue weighted by Crippen LogP contribution is -2.68. The summed E-state index contributed by atoms with van der Waals surface area (Å²) in [5, 5.41) is 50.7. The van der Waals surface area contributed by atoms with E-state index in [1.54, 1.807) is 0 Å². The predicted molar refractivity (Wildman–Crippen MR) is 108 cm³/mol. The van der Waals surface area contributed by atoms with Crippen molar-refractivity contribution in [2.75, 3.05) is 13.2 Å². The SMILES string of the molecule is NC[C@@H]1O[C@H](O[C@H]2[C@@H](O)[C@H](O[C@@H]3O[C@@H](CO)[C@@H](O)[C@@H](N)[C@@H]3O)[C@H](N)C[C@@H]2N)[C@@H](N)C[C@@H]1O. The topological polar surface area (TPSA) is 268 Å². The lowest BCUT2D eigenvalue weighted by Gasteiger charge is -2.47. The second-order valence-corrected chi connectivity index (χ2v) is 8.78. The highest BCUT2D eigenvalue weighted by Gasteiger charge is 2.50. The van der Waals surface area contributed by atoms with E-state index >= 15 is 0 Å². The first-order chi connectivity index (χ1) is 15.1. The van der Waals surface area contributed by atoms with Gasteiger partial charge in [-0.25, -0.2) is 0 Å². The molecule has 0 spiro atoms. The van der Waals surface area contributed by atoms with Crippen LogP contribution in [0, 0.1) is 0 Å². The van der Waals surface area contributed by atoms with Gasteiger partial charge in [0.05, 0.1) is 30.9 Å². The third-order valence-corrected chi connectivity index (χ3v) is 6.41. The smallest absolute Gasteiger partial charge is 0.186 e. The lowest BCUT2D eigenvalue weighted by atomic mass is 9.84. The van der Waals surface area contributed by atoms with Gasteiger partial charge >= 0.3 is 0 Å². The van der Waals surface area contributed by atoms with Gasteiger partial charge in [-0.1, -0.05) is 0 Å². The Morgan fingerprint density at radius 2 is 1.28 bits per heavy atom. The van der Waals surface area contributed by atoms with Crippen molar-refractivity contribution >= 4 is 0 Å². The highest BCUT2D eigenvalue weighted by Crippen LogP contribution is 2.30. The fourth-order valence-electron chi connectivity index (χ4n) is 4.43. The molecule has 15 N–H and O–H groups in total. The number of rotatable bonds is 6. The van der Waals surface area contributed by atoms with Crippen LogP contribution in [0.2, 0.25) is 0 Å². The van der Waals surface area contributed by atoms with Crippen molar-refractivity contribution in [1.82, 2.24) is 0 Å². The van der Waals surface area contributed by atoms with Crippen LogP contribution in [-0.4, -0.2) is 124 Å². The van der Waals surface area contributed by atoms with E-state index < -0.39 is 92.2 Å². The van der Waals surface area contributed by atoms with Gasteiger partial charge < -0.3 is 73.1 Å². The molecule has 0 aromatic carbocycles. The number of aliphatic hydroxyl groups excluding tert-OH is 5. The van der Waals surface area contributed by atoms with Gasteiger partial charge in [-0.3, -0.25) is 0 Å². The van der Waals surface area contributed by atoms with Crippen LogP contribution in [0.25, 0.3) is 0 Å². The molecule has 2 aliphatic heterocycles. The summed E-state index contributed by atoms with van der Waals surface area (Å²) >= 11 is 0. The number of hydrogen-bond acceptors (Lipinski definition) is 14. The summed E-state index contributed by atoms with van der Waals surface area (Å²) in [5.74, 6) is 0. The Bertz CT molecular complexity index is 607. The molecule has 0 aromatic heterocycles. The zero-order chi connectivity index (χ0) is 23.7. The molecule has 32 heavy (non-hydrogen) atoms. The zero-order valence-corrected chi connectivity index (χ0v) is 17.7. The molecule has 0 bridgehead atoms. The van der Waals surface area contributed by atoms with Gasteiger partial charge in [0.1, 0.15) is 36.6 Å². The summed E-state index contributed by atoms with van der Waals surface area (Å²) < 4.78 is 22.7. The molecule has 14 nitrogen and oxygen atoms in total. The Labute approximate surface area is 185 Å². The number of nitrogens with two attached hydrogens (primary N) is 5. The maximum atomic E-state index is 11.0. The molecule has 2 saturated heterocycles. The summed E-state index contributed by atoms with van der Waals surface area (Å²) in [7, 11) is 0. The zero-order valence-electron chi connectivity index (χ0n) is 17.7. The molecule has 0 aromatic rings. The molecular weight excluding hydrogens is 430 g/mol. The average molecular weight is 468 g/mol. The van der Waals surface area contributed by atoms with E-state index in [9.17, 15) is 25.5 Å². The maximum Gasteiger partial charge on any atom is 0.186 e. The first kappa shape index (κ1) is 26.1. The minimum absolute atomic E-state index is 0.0542. The number of hydrogen-bond donors (Lipinski definition) is 10. The summed E-state index contributed by atoms with van der Waals surface area (Å²) in [6, 6.07) is -3.27. The molecule has 0 amide bonds. The molecule has 3 rings (SSSR count). The molecule has 2 heterocycles. The minimum atomic E-state index is -1.44. The van der Waals surface area contributed by atoms with Crippen LogP contribution >= 0.6 is 0 Å². The van der Waals surface area contributed by atoms with E-state index in [-0.39, 0.29) is 19.4 Å². The van der Waals surface area contributed by atoms with Crippen LogP contribution in [0.4, 0.5) is 0 Å². The fourth-order valence-corrected chi connectivity index (χ4v) is 4.43. The van der Waals surface area contributed by atoms with E-state index in [4.69, 9.17) is 47.6 Å². The molecule has 3 aliphatic rings. The lowest BCUT2D eigenvalue weighted by molar-refractivity contribution is -0.314. The Kier molecular flexibility index (Phi) is 8.79. The largest absolute Gasteiger partial charge is 0.394 e. The van der Waals surface area contributed by atoms with Crippen molar-refractivity contribution in [2.45, 2.75) is 98.4 Å². The monoisotopic (exact) mass is 467 g/mol. The van der Waals surface area contributed by atoms with Gasteiger partial charge in [-0.2, -0.15) is 0 Å². The predicted octanol–water partition coefficient (Wildman–Crippen LogP) is -6.30. The minimum Gasteiger partial charge on any atom is -0.394 e. The van der Waals surface area contributed by atoms with Gasteiger partial charge in [0.15, 0.2) is 12.6 Å². The summed E-state index contributed by atoms with van der Waals surface area (Å²) in [6.07, 6.45) is -10.8. The molecule has 0 radical (unpaired) electrons. The molecule has 3 fully saturated rings. The van der Waals surface area contributed by atoms with Gasteiger partial charge in [0.2, 0.25) is 0 Å². The average Bonchev–Trinajstić information content (AvgIpc) is 2.75. The van der Waals surface area contributed by atoms with Crippen molar-refractivity contribution in [3.8, 4) is 0 Å². The fraction of sp³-hybridized carbons (Fsp3) is 1.00. The molecule has 1 aliphatic carbocycles. The first-order valence-corrected chi connectivity index (χ1v) is 10.8. The van der Waals surface area contributed by atoms with Crippen LogP contribution < -0.4 is 28.7 Å². The summed E-state index contributed by atoms with van der Waals surface area (Å²) in [4.78, 5) is 0. The third kappa shape index (κ3) is 5.24. The van der Waals surface area contributed by atoms with E-state index in [2.05, 4.69) is 0 Å². The van der Waals surface area contributed by atoms with E-state index in [0.717, 1.165) is 0 Å². The van der Waals surface area contributed by atoms with Crippen molar-refractivity contribution in [3.63, 3.8) is 0 Å². The second-order valence-electron chi connectivity index (χ2n) is 8.78. The van der Waals surface area contributed by atoms with Gasteiger partial charge in [0.25, 0.3) is 0 Å². The molecule has 1 saturated carbocycles. The molecule has 14 heteroatoms. The number of ether oxygens (including phenoxy) is 4. The standard InChI is InChI=1S/C18H37N5O9/c19-3-9-8(25)2-7(22)17(29-9)31-15-5(20)1-6(21)16(14(15)28)32-18-13(27)11(23)12(26)10(4-24)30-18/h5-18,24-28H,1-4,19-23H2/t5-,6+,7-,8-,9-,10-,11+,12+,13-,14+,15+,16+,17+,18-/m0/s1. The second kappa shape index (κ2) is 10.8. The van der Waals surface area contributed by atoms with Gasteiger partial charge in [-0.15, -0.1) is 0 Å². The summed E-state index contributed by atoms with van der Waals surface area (Å²) in [6.45, 7) is -0.499. The molecule has 188 valence electrons. The van der Waals surface area contributed by atoms with Crippen LogP contribution in [0.1, 0.15) is 12.8 Å². The van der Waals surface area contributed by atoms with E-state index in [0.29, 0.717) is 0 Å². The van der Waals surface area contributed by atoms with Crippen molar-refractivity contribution in [3.05, 3.63) is 0 Å². The Morgan fingerprint density at radius 1 is 0.719 bits per heavy atom. The van der Waals surface area contributed by atoms with E-state index in [1.165, 1.54) is 0 Å². The quantitative estimate of drug-likeness (QED) is 0.174. The van der Waals surface area contributed by atoms with E-state index in [1.807, 2.05) is 0 Å². The Hall–Kier alpha value is -0.560. The highest BCUT2D eigenvalue weighted by molar-refractivity contribution is 5.01. The first-order valence-electron chi connectivity index (χ1n) is 10.8. The van der Waals surface area contributed by atoms with Crippen molar-refractivity contribution < 1.29 is 44.5 Å². The molecule has 14 atom stereocenters. The molecular formula is C18H37N5O9. The van der Waals surface area contributed by atoms with Crippen LogP contribution in [0.5, 0.6) is 0 Å². The van der Waals surface area contributed by atoms with Gasteiger partial charge in [-0.05, 0) is 12.8 Å². The molecule has 0 unspecified atom stereocenters. The summed E-state index contributed by atoms with van der Waals surface area (Å²) in [5.41, 5.74) is 29.8. The third-order valence-electron chi connectivity index (χ3n) is 6.41. The Balaban J connectivity index is 1.70. The van der Waals surface area contributed by atoms with Crippen molar-refractivity contribution in [1.29, 1.82) is 0 Å². The Morgan fingerprint density at radius 3 is 1.84 bits per heavy atom. The van der Waals surface area contributed by atoms with Crippen LogP contribution in [0.15, 0.2) is 0 Å². The van der Waals surface area contributed by atoms with Crippen LogP contribution in [-0.2, 0) is 18.9 Å². The van der Waals surface area contributed by atoms with Gasteiger partial charge in [0, 0.05) is 18.6 Å². The maximum absolute atomic E-state index is 11.0. The van der Waals surface area contributed by atoms with Crippen LogP contribution in [0.3, 0.4) is 0 Å². The normalized spacial score (nSPS) is 52.7. The van der Waals surface area contributed by atoms with Crippen molar-refractivity contribution in [2.24, 2.45) is 28.7 Å².